The van der Waals surface area contributed by atoms with Crippen molar-refractivity contribution in [2.45, 2.75) is 44.6 Å². The van der Waals surface area contributed by atoms with Crippen LogP contribution in [0.3, 0.4) is 0 Å². The molecule has 1 atom stereocenters. The first-order chi connectivity index (χ1) is 9.19. The molecule has 7 heteroatoms. The van der Waals surface area contributed by atoms with E-state index in [0.29, 0.717) is 10.0 Å². The van der Waals surface area contributed by atoms with Crippen molar-refractivity contribution >= 4 is 31.9 Å². The fourth-order valence-corrected chi connectivity index (χ4v) is 4.04. The normalized spacial score (nSPS) is 13.2. The Morgan fingerprint density at radius 3 is 2.55 bits per heavy atom. The van der Waals surface area contributed by atoms with E-state index >= 15 is 0 Å². The fourth-order valence-electron chi connectivity index (χ4n) is 1.88. The number of carboxylic acid groups (broad SMARTS) is 1. The van der Waals surface area contributed by atoms with Gasteiger partial charge in [0.15, 0.2) is 0 Å². The average Bonchev–Trinajstić information content (AvgIpc) is 2.31. The summed E-state index contributed by atoms with van der Waals surface area (Å²) in [6, 6.07) is 2.38. The highest BCUT2D eigenvalue weighted by atomic mass is 79.9. The first-order valence-corrected chi connectivity index (χ1v) is 8.52. The summed E-state index contributed by atoms with van der Waals surface area (Å²) in [6.07, 6.45) is 1.58. The zero-order valence-corrected chi connectivity index (χ0v) is 14.0. The van der Waals surface area contributed by atoms with E-state index < -0.39 is 16.0 Å². The molecule has 2 N–H and O–H groups in total. The van der Waals surface area contributed by atoms with E-state index in [0.717, 1.165) is 12.8 Å². The fraction of sp³-hybridized carbons (Fsp3) is 0.462. The molecule has 0 saturated heterocycles. The van der Waals surface area contributed by atoms with Crippen molar-refractivity contribution in [2.75, 3.05) is 0 Å². The molecule has 0 aliphatic rings. The molecule has 1 aromatic rings. The molecular formula is C13H18BrNO4S. The largest absolute Gasteiger partial charge is 0.478 e. The van der Waals surface area contributed by atoms with Crippen LogP contribution >= 0.6 is 15.9 Å². The molecule has 0 aliphatic carbocycles. The summed E-state index contributed by atoms with van der Waals surface area (Å²) < 4.78 is 27.7. The summed E-state index contributed by atoms with van der Waals surface area (Å²) >= 11 is 3.20. The number of hydrogen-bond donors (Lipinski definition) is 2. The maximum Gasteiger partial charge on any atom is 0.335 e. The van der Waals surface area contributed by atoms with Crippen molar-refractivity contribution < 1.29 is 18.3 Å². The summed E-state index contributed by atoms with van der Waals surface area (Å²) in [5.74, 6) is -1.16. The first-order valence-electron chi connectivity index (χ1n) is 6.24. The average molecular weight is 364 g/mol. The molecule has 0 spiro atoms. The number of aromatic carboxylic acids is 1. The predicted octanol–water partition coefficient (Wildman–Crippen LogP) is 2.92. The minimum atomic E-state index is -3.73. The van der Waals surface area contributed by atoms with Gasteiger partial charge in [-0.05, 0) is 38.0 Å². The van der Waals surface area contributed by atoms with Crippen LogP contribution in [0.4, 0.5) is 0 Å². The minimum Gasteiger partial charge on any atom is -0.478 e. The Bertz CT molecular complexity index is 613. The van der Waals surface area contributed by atoms with Gasteiger partial charge in [0.05, 0.1) is 10.5 Å². The summed E-state index contributed by atoms with van der Waals surface area (Å²) in [7, 11) is -3.73. The van der Waals surface area contributed by atoms with Gasteiger partial charge in [0.25, 0.3) is 0 Å². The van der Waals surface area contributed by atoms with E-state index in [1.807, 2.05) is 6.92 Å². The molecule has 0 amide bonds. The Balaban J connectivity index is 3.27. The van der Waals surface area contributed by atoms with Gasteiger partial charge < -0.3 is 5.11 Å². The highest BCUT2D eigenvalue weighted by molar-refractivity contribution is 9.10. The smallest absolute Gasteiger partial charge is 0.335 e. The van der Waals surface area contributed by atoms with Gasteiger partial charge in [0, 0.05) is 10.5 Å². The van der Waals surface area contributed by atoms with Gasteiger partial charge in [-0.2, -0.15) is 0 Å². The van der Waals surface area contributed by atoms with Gasteiger partial charge in [-0.15, -0.1) is 0 Å². The van der Waals surface area contributed by atoms with E-state index in [1.165, 1.54) is 12.1 Å². The van der Waals surface area contributed by atoms with E-state index in [-0.39, 0.29) is 16.5 Å². The van der Waals surface area contributed by atoms with Crippen LogP contribution < -0.4 is 4.72 Å². The Labute approximate surface area is 127 Å². The molecule has 20 heavy (non-hydrogen) atoms. The van der Waals surface area contributed by atoms with E-state index in [4.69, 9.17) is 5.11 Å². The second-order valence-corrected chi connectivity index (χ2v) is 7.23. The lowest BCUT2D eigenvalue weighted by Gasteiger charge is -2.16. The highest BCUT2D eigenvalue weighted by Crippen LogP contribution is 2.26. The van der Waals surface area contributed by atoms with Gasteiger partial charge in [0.1, 0.15) is 0 Å². The van der Waals surface area contributed by atoms with Gasteiger partial charge in [0.2, 0.25) is 10.0 Å². The molecule has 112 valence electrons. The van der Waals surface area contributed by atoms with Crippen molar-refractivity contribution in [2.24, 2.45) is 0 Å². The van der Waals surface area contributed by atoms with Crippen LogP contribution in [0.15, 0.2) is 21.5 Å². The topological polar surface area (TPSA) is 83.5 Å². The molecule has 1 rings (SSSR count). The zero-order valence-electron chi connectivity index (χ0n) is 11.6. The summed E-state index contributed by atoms with van der Waals surface area (Å²) in [5, 5.41) is 9.02. The monoisotopic (exact) mass is 363 g/mol. The van der Waals surface area contributed by atoms with Gasteiger partial charge in [-0.3, -0.25) is 0 Å². The summed E-state index contributed by atoms with van der Waals surface area (Å²) in [5.41, 5.74) is 0.428. The number of carboxylic acids is 1. The van der Waals surface area contributed by atoms with Crippen LogP contribution in [0.2, 0.25) is 0 Å². The van der Waals surface area contributed by atoms with Crippen molar-refractivity contribution in [3.05, 3.63) is 27.7 Å². The van der Waals surface area contributed by atoms with Crippen LogP contribution in [0, 0.1) is 6.92 Å². The Hall–Kier alpha value is -0.920. The van der Waals surface area contributed by atoms with E-state index in [2.05, 4.69) is 20.7 Å². The quantitative estimate of drug-likeness (QED) is 0.813. The van der Waals surface area contributed by atoms with Crippen LogP contribution in [-0.2, 0) is 10.0 Å². The summed E-state index contributed by atoms with van der Waals surface area (Å²) in [6.45, 7) is 5.39. The molecular weight excluding hydrogens is 346 g/mol. The van der Waals surface area contributed by atoms with Crippen LogP contribution in [0.1, 0.15) is 42.6 Å². The molecule has 0 aliphatic heterocycles. The van der Waals surface area contributed by atoms with Crippen LogP contribution in [-0.4, -0.2) is 25.5 Å². The lowest BCUT2D eigenvalue weighted by atomic mass is 10.1. The predicted molar refractivity (Wildman–Crippen MR) is 80.5 cm³/mol. The SMILES string of the molecule is CCCC(C)NS(=O)(=O)c1cc(C(=O)O)cc(Br)c1C. The third-order valence-electron chi connectivity index (χ3n) is 2.91. The van der Waals surface area contributed by atoms with Crippen molar-refractivity contribution in [3.63, 3.8) is 0 Å². The third-order valence-corrected chi connectivity index (χ3v) is 5.45. The Morgan fingerprint density at radius 2 is 2.05 bits per heavy atom. The van der Waals surface area contributed by atoms with Crippen molar-refractivity contribution in [1.82, 2.24) is 4.72 Å². The molecule has 0 aromatic heterocycles. The highest BCUT2D eigenvalue weighted by Gasteiger charge is 2.22. The Kier molecular flexibility index (Phi) is 5.73. The molecule has 0 fully saturated rings. The maximum atomic E-state index is 12.3. The number of hydrogen-bond acceptors (Lipinski definition) is 3. The zero-order chi connectivity index (χ0) is 15.5. The molecule has 1 unspecified atom stereocenters. The second-order valence-electron chi connectivity index (χ2n) is 4.70. The van der Waals surface area contributed by atoms with Gasteiger partial charge in [-0.1, -0.05) is 29.3 Å². The van der Waals surface area contributed by atoms with Gasteiger partial charge in [-0.25, -0.2) is 17.9 Å². The van der Waals surface area contributed by atoms with E-state index in [9.17, 15) is 13.2 Å². The lowest BCUT2D eigenvalue weighted by molar-refractivity contribution is 0.0696. The van der Waals surface area contributed by atoms with Crippen LogP contribution in [0.5, 0.6) is 0 Å². The van der Waals surface area contributed by atoms with Crippen molar-refractivity contribution in [3.8, 4) is 0 Å². The number of sulfonamides is 1. The Morgan fingerprint density at radius 1 is 1.45 bits per heavy atom. The van der Waals surface area contributed by atoms with E-state index in [1.54, 1.807) is 13.8 Å². The van der Waals surface area contributed by atoms with Crippen LogP contribution in [0.25, 0.3) is 0 Å². The molecule has 0 heterocycles. The number of benzene rings is 1. The number of carbonyl (C=O) groups is 1. The first kappa shape index (κ1) is 17.1. The third kappa shape index (κ3) is 4.04. The molecule has 5 nitrogen and oxygen atoms in total. The minimum absolute atomic E-state index is 0.00720. The molecule has 0 radical (unpaired) electrons. The molecule has 0 bridgehead atoms. The second kappa shape index (κ2) is 6.69. The van der Waals surface area contributed by atoms with Crippen molar-refractivity contribution in [1.29, 1.82) is 0 Å². The standard InChI is InChI=1S/C13H18BrNO4S/c1-4-5-8(2)15-20(18,19)12-7-10(13(16)17)6-11(14)9(12)3/h6-8,15H,4-5H2,1-3H3,(H,16,17). The van der Waals surface area contributed by atoms with Gasteiger partial charge >= 0.3 is 5.97 Å². The maximum absolute atomic E-state index is 12.3. The lowest BCUT2D eigenvalue weighted by Crippen LogP contribution is -2.33. The molecule has 0 saturated carbocycles. The number of nitrogens with one attached hydrogen (secondary N) is 1. The number of halogens is 1. The molecule has 1 aromatic carbocycles. The number of rotatable bonds is 6. The summed E-state index contributed by atoms with van der Waals surface area (Å²) in [4.78, 5) is 11.0.